The Labute approximate surface area is 125 Å². The van der Waals surface area contributed by atoms with Crippen LogP contribution in [0.15, 0.2) is 18.2 Å². The number of nitrogens with zero attached hydrogens (tertiary/aromatic N) is 1. The Morgan fingerprint density at radius 2 is 2.19 bits per heavy atom. The van der Waals surface area contributed by atoms with E-state index in [9.17, 15) is 9.90 Å². The van der Waals surface area contributed by atoms with E-state index in [1.165, 1.54) is 5.56 Å². The molecular weight excluding hydrogens is 266 g/mol. The minimum atomic E-state index is 0.240. The Balaban J connectivity index is 1.53. The topological polar surface area (TPSA) is 49.8 Å². The maximum absolute atomic E-state index is 12.4. The summed E-state index contributed by atoms with van der Waals surface area (Å²) in [5, 5.41) is 9.57. The molecule has 4 nitrogen and oxygen atoms in total. The lowest BCUT2D eigenvalue weighted by atomic mass is 9.79. The van der Waals surface area contributed by atoms with Crippen LogP contribution >= 0.6 is 0 Å². The highest BCUT2D eigenvalue weighted by Gasteiger charge is 2.32. The second kappa shape index (κ2) is 6.06. The van der Waals surface area contributed by atoms with Gasteiger partial charge in [0, 0.05) is 26.1 Å². The molecule has 0 unspecified atom stereocenters. The summed E-state index contributed by atoms with van der Waals surface area (Å²) in [6, 6.07) is 5.47. The van der Waals surface area contributed by atoms with Crippen LogP contribution in [0.2, 0.25) is 0 Å². The Hall–Kier alpha value is -1.55. The number of carbonyl (C=O) groups is 1. The van der Waals surface area contributed by atoms with Gasteiger partial charge in [0.05, 0.1) is 6.10 Å². The number of phenolic OH excluding ortho intramolecular Hbond substituents is 1. The molecule has 0 spiro atoms. The molecule has 1 aromatic rings. The van der Waals surface area contributed by atoms with Crippen LogP contribution in [0.3, 0.4) is 0 Å². The zero-order valence-electron chi connectivity index (χ0n) is 12.5. The van der Waals surface area contributed by atoms with E-state index in [0.29, 0.717) is 25.0 Å². The highest BCUT2D eigenvalue weighted by atomic mass is 16.5. The smallest absolute Gasteiger partial charge is 0.223 e. The molecular formula is C17H23NO3. The van der Waals surface area contributed by atoms with Crippen LogP contribution in [0.25, 0.3) is 0 Å². The molecule has 1 heterocycles. The number of fused-ring (bicyclic) bond motifs is 1. The van der Waals surface area contributed by atoms with Gasteiger partial charge >= 0.3 is 0 Å². The average Bonchev–Trinajstić information content (AvgIpc) is 2.44. The van der Waals surface area contributed by atoms with Crippen molar-refractivity contribution in [3.63, 3.8) is 0 Å². The maximum Gasteiger partial charge on any atom is 0.223 e. The number of amides is 1. The summed E-state index contributed by atoms with van der Waals surface area (Å²) in [5.74, 6) is 1.00. The van der Waals surface area contributed by atoms with Crippen LogP contribution in [0, 0.1) is 5.92 Å². The van der Waals surface area contributed by atoms with Gasteiger partial charge in [0.15, 0.2) is 0 Å². The summed E-state index contributed by atoms with van der Waals surface area (Å²) in [4.78, 5) is 14.3. The second-order valence-electron chi connectivity index (χ2n) is 6.14. The molecule has 1 aliphatic heterocycles. The van der Waals surface area contributed by atoms with Crippen LogP contribution in [-0.4, -0.2) is 35.2 Å². The van der Waals surface area contributed by atoms with Crippen molar-refractivity contribution in [2.24, 2.45) is 5.92 Å². The molecule has 0 radical (unpaired) electrons. The van der Waals surface area contributed by atoms with Crippen LogP contribution < -0.4 is 0 Å². The van der Waals surface area contributed by atoms with E-state index in [1.807, 2.05) is 17.9 Å². The fraction of sp³-hybridized carbons (Fsp3) is 0.588. The van der Waals surface area contributed by atoms with Gasteiger partial charge in [0.25, 0.3) is 0 Å². The van der Waals surface area contributed by atoms with Gasteiger partial charge in [0.2, 0.25) is 5.91 Å². The number of hydrogen-bond acceptors (Lipinski definition) is 3. The highest BCUT2D eigenvalue weighted by molar-refractivity contribution is 5.77. The highest BCUT2D eigenvalue weighted by Crippen LogP contribution is 2.33. The Morgan fingerprint density at radius 1 is 1.38 bits per heavy atom. The summed E-state index contributed by atoms with van der Waals surface area (Å²) in [5.41, 5.74) is 2.33. The van der Waals surface area contributed by atoms with Crippen molar-refractivity contribution in [1.29, 1.82) is 0 Å². The number of benzene rings is 1. The second-order valence-corrected chi connectivity index (χ2v) is 6.14. The van der Waals surface area contributed by atoms with Crippen molar-refractivity contribution in [3.05, 3.63) is 29.3 Å². The largest absolute Gasteiger partial charge is 0.508 e. The van der Waals surface area contributed by atoms with Crippen molar-refractivity contribution in [3.8, 4) is 5.75 Å². The summed E-state index contributed by atoms with van der Waals surface area (Å²) in [7, 11) is 0. The lowest BCUT2D eigenvalue weighted by Gasteiger charge is -2.36. The number of rotatable bonds is 4. The quantitative estimate of drug-likeness (QED) is 0.926. The van der Waals surface area contributed by atoms with Crippen molar-refractivity contribution in [1.82, 2.24) is 4.90 Å². The number of phenols is 1. The van der Waals surface area contributed by atoms with Gasteiger partial charge < -0.3 is 14.7 Å². The Bertz CT molecular complexity index is 523. The first-order chi connectivity index (χ1) is 10.2. The minimum absolute atomic E-state index is 0.240. The normalized spacial score (nSPS) is 24.3. The molecule has 0 aromatic heterocycles. The zero-order chi connectivity index (χ0) is 14.8. The summed E-state index contributed by atoms with van der Waals surface area (Å²) < 4.78 is 5.54. The number of hydrogen-bond donors (Lipinski definition) is 1. The van der Waals surface area contributed by atoms with E-state index < -0.39 is 0 Å². The van der Waals surface area contributed by atoms with Crippen LogP contribution in [0.4, 0.5) is 0 Å². The minimum Gasteiger partial charge on any atom is -0.508 e. The van der Waals surface area contributed by atoms with E-state index in [2.05, 4.69) is 0 Å². The number of aromatic hydroxyl groups is 1. The van der Waals surface area contributed by atoms with Gasteiger partial charge in [-0.05, 0) is 55.4 Å². The van der Waals surface area contributed by atoms with Gasteiger partial charge in [0.1, 0.15) is 5.75 Å². The Kier molecular flexibility index (Phi) is 4.15. The predicted molar refractivity (Wildman–Crippen MR) is 80.0 cm³/mol. The summed E-state index contributed by atoms with van der Waals surface area (Å²) >= 11 is 0. The predicted octanol–water partition coefficient (Wildman–Crippen LogP) is 2.48. The maximum atomic E-state index is 12.4. The third-order valence-electron chi connectivity index (χ3n) is 4.61. The molecule has 0 bridgehead atoms. The fourth-order valence-electron chi connectivity index (χ4n) is 3.35. The number of ether oxygens (including phenoxy) is 1. The molecule has 1 amide bonds. The standard InChI is InChI=1S/C17H23NO3/c1-2-21-16-7-12(8-16)9-17(20)18-6-5-13-3-4-15(19)10-14(13)11-18/h3-4,10,12,16,19H,2,5-9,11H2,1H3. The van der Waals surface area contributed by atoms with Gasteiger partial charge in [-0.25, -0.2) is 0 Å². The van der Waals surface area contributed by atoms with E-state index in [-0.39, 0.29) is 11.7 Å². The SMILES string of the molecule is CCOC1CC(CC(=O)N2CCc3ccc(O)cc3C2)C1. The van der Waals surface area contributed by atoms with E-state index >= 15 is 0 Å². The van der Waals surface area contributed by atoms with Gasteiger partial charge in [-0.1, -0.05) is 6.07 Å². The summed E-state index contributed by atoms with van der Waals surface area (Å²) in [6.07, 6.45) is 3.92. The summed E-state index contributed by atoms with van der Waals surface area (Å²) in [6.45, 7) is 4.19. The van der Waals surface area contributed by atoms with Crippen molar-refractivity contribution < 1.29 is 14.6 Å². The van der Waals surface area contributed by atoms with E-state index in [1.54, 1.807) is 12.1 Å². The number of carbonyl (C=O) groups excluding carboxylic acids is 1. The molecule has 3 rings (SSSR count). The molecule has 0 atom stereocenters. The molecule has 1 fully saturated rings. The van der Waals surface area contributed by atoms with Gasteiger partial charge in [-0.2, -0.15) is 0 Å². The average molecular weight is 289 g/mol. The van der Waals surface area contributed by atoms with E-state index in [0.717, 1.165) is 38.0 Å². The molecule has 1 N–H and O–H groups in total. The van der Waals surface area contributed by atoms with Gasteiger partial charge in [-0.15, -0.1) is 0 Å². The first-order valence-electron chi connectivity index (χ1n) is 7.86. The van der Waals surface area contributed by atoms with Crippen molar-refractivity contribution in [2.45, 2.75) is 45.3 Å². The van der Waals surface area contributed by atoms with Crippen LogP contribution in [0.5, 0.6) is 5.75 Å². The first kappa shape index (κ1) is 14.4. The lowest BCUT2D eigenvalue weighted by molar-refractivity contribution is -0.135. The molecule has 21 heavy (non-hydrogen) atoms. The van der Waals surface area contributed by atoms with Crippen LogP contribution in [-0.2, 0) is 22.5 Å². The monoisotopic (exact) mass is 289 g/mol. The molecule has 1 saturated carbocycles. The zero-order valence-corrected chi connectivity index (χ0v) is 12.5. The lowest BCUT2D eigenvalue weighted by Crippen LogP contribution is -2.40. The third kappa shape index (κ3) is 3.21. The van der Waals surface area contributed by atoms with Gasteiger partial charge in [-0.3, -0.25) is 4.79 Å². The molecule has 1 aromatic carbocycles. The fourth-order valence-corrected chi connectivity index (χ4v) is 3.35. The molecule has 0 saturated heterocycles. The molecule has 2 aliphatic rings. The van der Waals surface area contributed by atoms with Crippen LogP contribution in [0.1, 0.15) is 37.3 Å². The first-order valence-corrected chi connectivity index (χ1v) is 7.86. The third-order valence-corrected chi connectivity index (χ3v) is 4.61. The van der Waals surface area contributed by atoms with Crippen molar-refractivity contribution in [2.75, 3.05) is 13.2 Å². The molecule has 4 heteroatoms. The van der Waals surface area contributed by atoms with E-state index in [4.69, 9.17) is 4.74 Å². The van der Waals surface area contributed by atoms with Crippen molar-refractivity contribution >= 4 is 5.91 Å². The Morgan fingerprint density at radius 3 is 2.95 bits per heavy atom. The molecule has 1 aliphatic carbocycles. The molecule has 114 valence electrons.